The van der Waals surface area contributed by atoms with Gasteiger partial charge in [0, 0.05) is 44.8 Å². The minimum Gasteiger partial charge on any atom is -0.507 e. The number of benzene rings is 1. The monoisotopic (exact) mass is 439 g/mol. The van der Waals surface area contributed by atoms with E-state index in [-0.39, 0.29) is 11.3 Å². The number of nitrogens with two attached hydrogens (primary N) is 1. The topological polar surface area (TPSA) is 93.8 Å². The first kappa shape index (κ1) is 22.8. The van der Waals surface area contributed by atoms with Crippen molar-refractivity contribution in [2.24, 2.45) is 5.92 Å². The fourth-order valence-electron chi connectivity index (χ4n) is 5.13. The highest BCUT2D eigenvalue weighted by Crippen LogP contribution is 2.36. The number of likely N-dealkylation sites (tertiary alicyclic amines) is 1. The summed E-state index contributed by atoms with van der Waals surface area (Å²) in [6.07, 6.45) is 2.45. The van der Waals surface area contributed by atoms with E-state index in [0.717, 1.165) is 50.9 Å². The average Bonchev–Trinajstić information content (AvgIpc) is 2.77. The molecule has 174 valence electrons. The first-order chi connectivity index (χ1) is 15.5. The predicted molar refractivity (Wildman–Crippen MR) is 130 cm³/mol. The molecule has 0 saturated carbocycles. The Morgan fingerprint density at radius 1 is 1.19 bits per heavy atom. The van der Waals surface area contributed by atoms with E-state index in [2.05, 4.69) is 44.2 Å². The van der Waals surface area contributed by atoms with E-state index in [0.29, 0.717) is 17.1 Å². The number of aromatic hydroxyl groups is 1. The Kier molecular flexibility index (Phi) is 6.83. The standard InChI is InChI=1S/C24H37N7O/c1-4-18(9-10-26-2)14-30-15-24(16-30)17-31(12-11-29(24)3)21-13-20(27-28-23(21)25)19-7-5-6-8-22(19)32/h5-8,13,18,26,32H,4,9-12,14-17H2,1-3H3,(H2,25,28). The van der Waals surface area contributed by atoms with E-state index >= 15 is 0 Å². The lowest BCUT2D eigenvalue weighted by Crippen LogP contribution is -2.76. The first-order valence-corrected chi connectivity index (χ1v) is 11.7. The molecule has 3 heterocycles. The van der Waals surface area contributed by atoms with Gasteiger partial charge in [-0.15, -0.1) is 10.2 Å². The SMILES string of the molecule is CCC(CCNC)CN1CC2(C1)CN(c1cc(-c3ccccc3O)nnc1N)CCN2C. The third-order valence-corrected chi connectivity index (χ3v) is 7.25. The maximum Gasteiger partial charge on any atom is 0.169 e. The summed E-state index contributed by atoms with van der Waals surface area (Å²) in [5, 5.41) is 22.0. The zero-order chi connectivity index (χ0) is 22.7. The Balaban J connectivity index is 1.47. The van der Waals surface area contributed by atoms with Gasteiger partial charge in [0.2, 0.25) is 0 Å². The fourth-order valence-corrected chi connectivity index (χ4v) is 5.13. The zero-order valence-corrected chi connectivity index (χ0v) is 19.6. The van der Waals surface area contributed by atoms with E-state index in [1.54, 1.807) is 12.1 Å². The van der Waals surface area contributed by atoms with Crippen LogP contribution in [0.25, 0.3) is 11.3 Å². The average molecular weight is 440 g/mol. The molecule has 2 saturated heterocycles. The van der Waals surface area contributed by atoms with Gasteiger partial charge in [-0.3, -0.25) is 9.80 Å². The van der Waals surface area contributed by atoms with Crippen LogP contribution in [0, 0.1) is 5.92 Å². The Hall–Kier alpha value is -2.42. The van der Waals surface area contributed by atoms with Crippen LogP contribution in [0.4, 0.5) is 11.5 Å². The van der Waals surface area contributed by atoms with Gasteiger partial charge in [-0.1, -0.05) is 25.5 Å². The quantitative estimate of drug-likeness (QED) is 0.574. The summed E-state index contributed by atoms with van der Waals surface area (Å²) >= 11 is 0. The van der Waals surface area contributed by atoms with E-state index in [9.17, 15) is 5.11 Å². The number of rotatable bonds is 8. The van der Waals surface area contributed by atoms with Crippen molar-refractivity contribution in [2.75, 3.05) is 70.5 Å². The van der Waals surface area contributed by atoms with Crippen molar-refractivity contribution in [1.29, 1.82) is 0 Å². The van der Waals surface area contributed by atoms with Crippen LogP contribution < -0.4 is 16.0 Å². The maximum absolute atomic E-state index is 10.2. The number of nitrogens with zero attached hydrogens (tertiary/aromatic N) is 5. The Labute approximate surface area is 191 Å². The van der Waals surface area contributed by atoms with Crippen molar-refractivity contribution in [3.8, 4) is 17.0 Å². The molecule has 8 nitrogen and oxygen atoms in total. The van der Waals surface area contributed by atoms with Crippen molar-refractivity contribution in [2.45, 2.75) is 25.3 Å². The lowest BCUT2D eigenvalue weighted by Gasteiger charge is -2.60. The Morgan fingerprint density at radius 3 is 2.69 bits per heavy atom. The molecule has 0 bridgehead atoms. The molecule has 0 aliphatic carbocycles. The van der Waals surface area contributed by atoms with Crippen LogP contribution in [-0.2, 0) is 0 Å². The third kappa shape index (κ3) is 4.53. The molecule has 0 radical (unpaired) electrons. The van der Waals surface area contributed by atoms with Crippen LogP contribution in [0.1, 0.15) is 19.8 Å². The molecule has 2 fully saturated rings. The number of nitrogens with one attached hydrogen (secondary N) is 1. The lowest BCUT2D eigenvalue weighted by atomic mass is 9.84. The number of piperazine rings is 1. The molecule has 4 N–H and O–H groups in total. The van der Waals surface area contributed by atoms with E-state index in [1.165, 1.54) is 19.4 Å². The van der Waals surface area contributed by atoms with Gasteiger partial charge in [0.05, 0.1) is 16.9 Å². The fraction of sp³-hybridized carbons (Fsp3) is 0.583. The van der Waals surface area contributed by atoms with Crippen molar-refractivity contribution < 1.29 is 5.11 Å². The molecule has 1 aromatic carbocycles. The summed E-state index contributed by atoms with van der Waals surface area (Å²) in [6.45, 7) is 9.52. The molecule has 0 amide bonds. The van der Waals surface area contributed by atoms with Crippen LogP contribution >= 0.6 is 0 Å². The number of phenolic OH excluding ortho intramolecular Hbond substituents is 1. The van der Waals surface area contributed by atoms with E-state index in [4.69, 9.17) is 5.73 Å². The van der Waals surface area contributed by atoms with Gasteiger partial charge in [-0.2, -0.15) is 0 Å². The van der Waals surface area contributed by atoms with Gasteiger partial charge in [0.1, 0.15) is 5.75 Å². The summed E-state index contributed by atoms with van der Waals surface area (Å²) in [4.78, 5) is 7.47. The van der Waals surface area contributed by atoms with Crippen LogP contribution in [0.3, 0.4) is 0 Å². The van der Waals surface area contributed by atoms with Crippen molar-refractivity contribution >= 4 is 11.5 Å². The second-order valence-electron chi connectivity index (χ2n) is 9.42. The molecule has 1 unspecified atom stereocenters. The number of para-hydroxylation sites is 1. The van der Waals surface area contributed by atoms with Crippen LogP contribution in [0.5, 0.6) is 5.75 Å². The highest BCUT2D eigenvalue weighted by Gasteiger charge is 2.49. The molecule has 8 heteroatoms. The second-order valence-corrected chi connectivity index (χ2v) is 9.42. The smallest absolute Gasteiger partial charge is 0.169 e. The number of nitrogen functional groups attached to an aromatic ring is 1. The molecule has 2 aliphatic heterocycles. The van der Waals surface area contributed by atoms with Gasteiger partial charge in [0.15, 0.2) is 5.82 Å². The van der Waals surface area contributed by atoms with Crippen molar-refractivity contribution in [1.82, 2.24) is 25.3 Å². The highest BCUT2D eigenvalue weighted by atomic mass is 16.3. The number of aromatic nitrogens is 2. The summed E-state index contributed by atoms with van der Waals surface area (Å²) in [5.74, 6) is 1.38. The number of hydrogen-bond donors (Lipinski definition) is 3. The van der Waals surface area contributed by atoms with E-state index < -0.39 is 0 Å². The normalized spacial score (nSPS) is 19.8. The van der Waals surface area contributed by atoms with Crippen LogP contribution in [0.2, 0.25) is 0 Å². The highest BCUT2D eigenvalue weighted by molar-refractivity contribution is 5.74. The predicted octanol–water partition coefficient (Wildman–Crippen LogP) is 1.87. The lowest BCUT2D eigenvalue weighted by molar-refractivity contribution is -0.0537. The van der Waals surface area contributed by atoms with Gasteiger partial charge >= 0.3 is 0 Å². The zero-order valence-electron chi connectivity index (χ0n) is 19.6. The van der Waals surface area contributed by atoms with Crippen molar-refractivity contribution in [3.05, 3.63) is 30.3 Å². The van der Waals surface area contributed by atoms with Gasteiger partial charge in [0.25, 0.3) is 0 Å². The minimum atomic E-state index is 0.143. The van der Waals surface area contributed by atoms with Crippen LogP contribution in [-0.4, -0.2) is 90.6 Å². The number of hydrogen-bond acceptors (Lipinski definition) is 8. The molecule has 2 aliphatic rings. The second kappa shape index (κ2) is 9.60. The number of anilines is 2. The summed E-state index contributed by atoms with van der Waals surface area (Å²) in [7, 11) is 4.27. The molecule has 2 aromatic rings. The summed E-state index contributed by atoms with van der Waals surface area (Å²) in [5.41, 5.74) is 8.64. The molecular weight excluding hydrogens is 402 g/mol. The molecule has 4 rings (SSSR count). The number of likely N-dealkylation sites (N-methyl/N-ethyl adjacent to an activating group) is 1. The minimum absolute atomic E-state index is 0.143. The Morgan fingerprint density at radius 2 is 1.97 bits per heavy atom. The molecule has 1 atom stereocenters. The molecular formula is C24H37N7O. The maximum atomic E-state index is 10.2. The van der Waals surface area contributed by atoms with Gasteiger partial charge in [-0.05, 0) is 51.2 Å². The first-order valence-electron chi connectivity index (χ1n) is 11.7. The Bertz CT molecular complexity index is 915. The molecule has 1 aromatic heterocycles. The summed E-state index contributed by atoms with van der Waals surface area (Å²) < 4.78 is 0. The molecule has 1 spiro atoms. The van der Waals surface area contributed by atoms with E-state index in [1.807, 2.05) is 25.2 Å². The van der Waals surface area contributed by atoms with Gasteiger partial charge in [-0.25, -0.2) is 0 Å². The van der Waals surface area contributed by atoms with Crippen molar-refractivity contribution in [3.63, 3.8) is 0 Å². The largest absolute Gasteiger partial charge is 0.507 e. The summed E-state index contributed by atoms with van der Waals surface area (Å²) in [6, 6.07) is 9.19. The number of phenols is 1. The third-order valence-electron chi connectivity index (χ3n) is 7.25. The molecule has 32 heavy (non-hydrogen) atoms. The van der Waals surface area contributed by atoms with Gasteiger partial charge < -0.3 is 21.1 Å². The van der Waals surface area contributed by atoms with Crippen LogP contribution in [0.15, 0.2) is 30.3 Å².